The summed E-state index contributed by atoms with van der Waals surface area (Å²) in [6.45, 7) is 2.61. The van der Waals surface area contributed by atoms with Crippen molar-refractivity contribution in [2.45, 2.75) is 30.7 Å². The number of nitrogens with one attached hydrogen (secondary N) is 2. The summed E-state index contributed by atoms with van der Waals surface area (Å²) >= 11 is 0. The van der Waals surface area contributed by atoms with E-state index in [2.05, 4.69) is 10.6 Å². The Balaban J connectivity index is 1.34. The second kappa shape index (κ2) is 9.18. The zero-order valence-corrected chi connectivity index (χ0v) is 17.2. The molecule has 1 unspecified atom stereocenters. The first-order valence-corrected chi connectivity index (χ1v) is 10.5. The summed E-state index contributed by atoms with van der Waals surface area (Å²) in [6.07, 6.45) is 2.14. The smallest absolute Gasteiger partial charge is 0.315 e. The van der Waals surface area contributed by atoms with Gasteiger partial charge < -0.3 is 20.3 Å². The van der Waals surface area contributed by atoms with Gasteiger partial charge in [0.15, 0.2) is 0 Å². The molecule has 0 bridgehead atoms. The highest BCUT2D eigenvalue weighted by Gasteiger charge is 2.35. The second-order valence-electron chi connectivity index (χ2n) is 8.25. The van der Waals surface area contributed by atoms with Gasteiger partial charge in [-0.15, -0.1) is 0 Å². The number of carbonyl (C=O) groups excluding carboxylic acids is 1. The van der Waals surface area contributed by atoms with Crippen molar-refractivity contribution < 1.29 is 22.7 Å². The molecule has 2 N–H and O–H groups in total. The highest BCUT2D eigenvalue weighted by molar-refractivity contribution is 5.74. The molecule has 0 saturated carbocycles. The number of urea groups is 1. The van der Waals surface area contributed by atoms with E-state index in [1.807, 2.05) is 0 Å². The summed E-state index contributed by atoms with van der Waals surface area (Å²) in [6, 6.07) is 9.51. The lowest BCUT2D eigenvalue weighted by Gasteiger charge is -2.38. The van der Waals surface area contributed by atoms with Crippen LogP contribution < -0.4 is 15.5 Å². The van der Waals surface area contributed by atoms with E-state index in [1.54, 1.807) is 17.0 Å². The SMILES string of the molecule is O=C(NCC1(c2ccc(F)cc2)CCOCC1)NC1CCN(c2ccc(F)cc2F)C1. The molecule has 0 spiro atoms. The molecule has 8 heteroatoms. The van der Waals surface area contributed by atoms with Gasteiger partial charge in [0.2, 0.25) is 0 Å². The average molecular weight is 433 g/mol. The Morgan fingerprint density at radius 3 is 2.48 bits per heavy atom. The molecule has 0 aliphatic carbocycles. The van der Waals surface area contributed by atoms with Gasteiger partial charge in [-0.25, -0.2) is 18.0 Å². The highest BCUT2D eigenvalue weighted by atomic mass is 19.1. The van der Waals surface area contributed by atoms with Crippen LogP contribution in [0.5, 0.6) is 0 Å². The first-order valence-electron chi connectivity index (χ1n) is 10.5. The molecule has 31 heavy (non-hydrogen) atoms. The van der Waals surface area contributed by atoms with E-state index in [1.165, 1.54) is 24.3 Å². The average Bonchev–Trinajstić information content (AvgIpc) is 3.21. The third-order valence-electron chi connectivity index (χ3n) is 6.27. The van der Waals surface area contributed by atoms with E-state index < -0.39 is 11.6 Å². The van der Waals surface area contributed by atoms with Gasteiger partial charge >= 0.3 is 6.03 Å². The molecule has 4 rings (SSSR count). The molecule has 2 saturated heterocycles. The number of rotatable bonds is 5. The summed E-state index contributed by atoms with van der Waals surface area (Å²) in [4.78, 5) is 14.4. The number of amides is 2. The molecule has 2 heterocycles. The molecule has 5 nitrogen and oxygen atoms in total. The lowest BCUT2D eigenvalue weighted by molar-refractivity contribution is 0.0506. The minimum absolute atomic E-state index is 0.138. The van der Waals surface area contributed by atoms with Gasteiger partial charge in [-0.2, -0.15) is 0 Å². The fourth-order valence-electron chi connectivity index (χ4n) is 4.45. The molecular formula is C23H26F3N3O2. The van der Waals surface area contributed by atoms with Crippen LogP contribution in [0.15, 0.2) is 42.5 Å². The lowest BCUT2D eigenvalue weighted by Crippen LogP contribution is -2.49. The van der Waals surface area contributed by atoms with Crippen molar-refractivity contribution in [2.75, 3.05) is 37.7 Å². The molecule has 2 aromatic carbocycles. The topological polar surface area (TPSA) is 53.6 Å². The number of anilines is 1. The van der Waals surface area contributed by atoms with E-state index >= 15 is 0 Å². The number of carbonyl (C=O) groups is 1. The van der Waals surface area contributed by atoms with Crippen LogP contribution in [-0.4, -0.2) is 44.9 Å². The number of benzene rings is 2. The zero-order valence-electron chi connectivity index (χ0n) is 17.2. The van der Waals surface area contributed by atoms with Gasteiger partial charge in [0.1, 0.15) is 17.5 Å². The summed E-state index contributed by atoms with van der Waals surface area (Å²) < 4.78 is 46.0. The maximum absolute atomic E-state index is 14.0. The van der Waals surface area contributed by atoms with Gasteiger partial charge in [-0.3, -0.25) is 0 Å². The molecule has 0 aromatic heterocycles. The largest absolute Gasteiger partial charge is 0.381 e. The predicted octanol–water partition coefficient (Wildman–Crippen LogP) is 3.73. The highest BCUT2D eigenvalue weighted by Crippen LogP contribution is 2.34. The molecule has 2 aromatic rings. The van der Waals surface area contributed by atoms with Crippen LogP contribution in [0.1, 0.15) is 24.8 Å². The van der Waals surface area contributed by atoms with Crippen molar-refractivity contribution in [1.29, 1.82) is 0 Å². The standard InChI is InChI=1S/C23H26F3N3O2/c24-17-3-1-16(2-4-17)23(8-11-31-12-9-23)15-27-22(30)28-19-7-10-29(14-19)21-6-5-18(25)13-20(21)26/h1-6,13,19H,7-12,14-15H2,(H2,27,28,30). The number of hydrogen-bond donors (Lipinski definition) is 2. The minimum atomic E-state index is -0.613. The molecule has 0 radical (unpaired) electrons. The van der Waals surface area contributed by atoms with Crippen molar-refractivity contribution in [1.82, 2.24) is 10.6 Å². The third-order valence-corrected chi connectivity index (χ3v) is 6.27. The van der Waals surface area contributed by atoms with E-state index in [9.17, 15) is 18.0 Å². The molecule has 2 amide bonds. The Morgan fingerprint density at radius 2 is 1.77 bits per heavy atom. The molecule has 166 valence electrons. The lowest BCUT2D eigenvalue weighted by atomic mass is 9.74. The van der Waals surface area contributed by atoms with Gasteiger partial charge in [0, 0.05) is 50.4 Å². The van der Waals surface area contributed by atoms with E-state index in [4.69, 9.17) is 4.74 Å². The summed E-state index contributed by atoms with van der Waals surface area (Å²) in [5, 5.41) is 5.91. The first-order chi connectivity index (χ1) is 14.9. The first kappa shape index (κ1) is 21.5. The van der Waals surface area contributed by atoms with E-state index in [0.29, 0.717) is 45.0 Å². The third kappa shape index (κ3) is 4.95. The van der Waals surface area contributed by atoms with Crippen LogP contribution in [0.25, 0.3) is 0 Å². The Morgan fingerprint density at radius 1 is 1.06 bits per heavy atom. The number of ether oxygens (including phenoxy) is 1. The maximum atomic E-state index is 14.0. The number of hydrogen-bond acceptors (Lipinski definition) is 3. The summed E-state index contributed by atoms with van der Waals surface area (Å²) in [5.74, 6) is -1.51. The van der Waals surface area contributed by atoms with Crippen LogP contribution in [0.3, 0.4) is 0 Å². The fraction of sp³-hybridized carbons (Fsp3) is 0.435. The van der Waals surface area contributed by atoms with Crippen LogP contribution in [0.4, 0.5) is 23.7 Å². The molecule has 1 atom stereocenters. The quantitative estimate of drug-likeness (QED) is 0.756. The normalized spacial score (nSPS) is 20.5. The maximum Gasteiger partial charge on any atom is 0.315 e. The minimum Gasteiger partial charge on any atom is -0.381 e. The summed E-state index contributed by atoms with van der Waals surface area (Å²) in [5.41, 5.74) is 1.02. The van der Waals surface area contributed by atoms with Crippen molar-refractivity contribution in [3.63, 3.8) is 0 Å². The monoisotopic (exact) mass is 433 g/mol. The molecule has 2 aliphatic rings. The Labute approximate surface area is 179 Å². The zero-order chi connectivity index (χ0) is 21.8. The van der Waals surface area contributed by atoms with Crippen LogP contribution >= 0.6 is 0 Å². The van der Waals surface area contributed by atoms with Crippen LogP contribution in [0, 0.1) is 17.5 Å². The molecule has 2 aliphatic heterocycles. The van der Waals surface area contributed by atoms with Crippen LogP contribution in [0.2, 0.25) is 0 Å². The Bertz CT molecular complexity index is 917. The molecular weight excluding hydrogens is 407 g/mol. The second-order valence-corrected chi connectivity index (χ2v) is 8.25. The van der Waals surface area contributed by atoms with Crippen LogP contribution in [-0.2, 0) is 10.2 Å². The number of nitrogens with zero attached hydrogens (tertiary/aromatic N) is 1. The fourth-order valence-corrected chi connectivity index (χ4v) is 4.45. The van der Waals surface area contributed by atoms with Crippen molar-refractivity contribution in [2.24, 2.45) is 0 Å². The van der Waals surface area contributed by atoms with Crippen molar-refractivity contribution in [3.8, 4) is 0 Å². The Kier molecular flexibility index (Phi) is 6.36. The Hall–Kier alpha value is -2.74. The van der Waals surface area contributed by atoms with Gasteiger partial charge in [-0.05, 0) is 49.1 Å². The summed E-state index contributed by atoms with van der Waals surface area (Å²) in [7, 11) is 0. The number of halogens is 3. The van der Waals surface area contributed by atoms with Crippen molar-refractivity contribution in [3.05, 3.63) is 65.5 Å². The van der Waals surface area contributed by atoms with E-state index in [-0.39, 0.29) is 23.3 Å². The predicted molar refractivity (Wildman–Crippen MR) is 112 cm³/mol. The van der Waals surface area contributed by atoms with E-state index in [0.717, 1.165) is 24.5 Å². The van der Waals surface area contributed by atoms with Gasteiger partial charge in [-0.1, -0.05) is 12.1 Å². The van der Waals surface area contributed by atoms with Gasteiger partial charge in [0.05, 0.1) is 5.69 Å². The van der Waals surface area contributed by atoms with Crippen molar-refractivity contribution >= 4 is 11.7 Å². The van der Waals surface area contributed by atoms with Gasteiger partial charge in [0.25, 0.3) is 0 Å². The molecule has 2 fully saturated rings.